The normalized spacial score (nSPS) is 16.2. The highest BCUT2D eigenvalue weighted by molar-refractivity contribution is 7.89. The molecule has 0 aliphatic carbocycles. The van der Waals surface area contributed by atoms with Gasteiger partial charge in [-0.3, -0.25) is 4.79 Å². The third-order valence-electron chi connectivity index (χ3n) is 6.18. The van der Waals surface area contributed by atoms with E-state index in [1.54, 1.807) is 14.2 Å². The number of hydrogen-bond donors (Lipinski definition) is 0. The number of benzene rings is 2. The number of carbonyl (C=O) groups is 1. The Morgan fingerprint density at radius 1 is 1.09 bits per heavy atom. The Morgan fingerprint density at radius 3 is 2.29 bits per heavy atom. The fourth-order valence-electron chi connectivity index (χ4n) is 4.08. The van der Waals surface area contributed by atoms with Crippen LogP contribution in [0.2, 0.25) is 0 Å². The van der Waals surface area contributed by atoms with Gasteiger partial charge in [0.2, 0.25) is 10.0 Å². The average Bonchev–Trinajstić information content (AvgIpc) is 3.18. The van der Waals surface area contributed by atoms with E-state index in [4.69, 9.17) is 9.47 Å². The lowest BCUT2D eigenvalue weighted by Crippen LogP contribution is -2.37. The molecule has 1 aliphatic heterocycles. The molecular formula is C24H29N3O5S2. The molecule has 1 saturated heterocycles. The van der Waals surface area contributed by atoms with Crippen molar-refractivity contribution in [2.75, 3.05) is 27.3 Å². The molecule has 4 rings (SSSR count). The number of sulfonamides is 1. The van der Waals surface area contributed by atoms with E-state index in [1.165, 1.54) is 39.9 Å². The van der Waals surface area contributed by atoms with Gasteiger partial charge in [0.05, 0.1) is 29.3 Å². The van der Waals surface area contributed by atoms with Crippen molar-refractivity contribution in [2.45, 2.75) is 38.1 Å². The Hall–Kier alpha value is -2.69. The van der Waals surface area contributed by atoms with Gasteiger partial charge in [-0.05, 0) is 49.9 Å². The first-order chi connectivity index (χ1) is 16.3. The van der Waals surface area contributed by atoms with Crippen molar-refractivity contribution in [2.24, 2.45) is 10.9 Å². The number of hydrogen-bond acceptors (Lipinski definition) is 6. The molecule has 0 bridgehead atoms. The summed E-state index contributed by atoms with van der Waals surface area (Å²) in [5.74, 6) is 1.32. The molecule has 8 nitrogen and oxygen atoms in total. The zero-order valence-corrected chi connectivity index (χ0v) is 21.4. The van der Waals surface area contributed by atoms with Crippen LogP contribution in [0, 0.1) is 5.92 Å². The zero-order chi connectivity index (χ0) is 24.5. The first kappa shape index (κ1) is 24.4. The van der Waals surface area contributed by atoms with E-state index in [0.29, 0.717) is 47.4 Å². The summed E-state index contributed by atoms with van der Waals surface area (Å²) < 4.78 is 41.1. The fraction of sp³-hybridized carbons (Fsp3) is 0.417. The smallest absolute Gasteiger partial charge is 0.279 e. The van der Waals surface area contributed by atoms with Crippen LogP contribution >= 0.6 is 11.3 Å². The lowest BCUT2D eigenvalue weighted by Gasteiger charge is -2.29. The van der Waals surface area contributed by atoms with Crippen LogP contribution in [-0.2, 0) is 16.6 Å². The molecule has 0 unspecified atom stereocenters. The van der Waals surface area contributed by atoms with Gasteiger partial charge in [0, 0.05) is 37.3 Å². The van der Waals surface area contributed by atoms with Crippen LogP contribution in [0.5, 0.6) is 11.5 Å². The van der Waals surface area contributed by atoms with Crippen LogP contribution < -0.4 is 14.3 Å². The number of aryl methyl sites for hydroxylation is 1. The van der Waals surface area contributed by atoms with E-state index in [9.17, 15) is 13.2 Å². The lowest BCUT2D eigenvalue weighted by molar-refractivity contribution is 0.0997. The molecule has 1 aromatic heterocycles. The first-order valence-electron chi connectivity index (χ1n) is 11.2. The molecule has 0 radical (unpaired) electrons. The summed E-state index contributed by atoms with van der Waals surface area (Å²) in [6.07, 6.45) is 1.72. The van der Waals surface area contributed by atoms with Gasteiger partial charge in [0.15, 0.2) is 16.3 Å². The largest absolute Gasteiger partial charge is 0.493 e. The number of ether oxygens (including phenoxy) is 2. The van der Waals surface area contributed by atoms with Gasteiger partial charge in [-0.15, -0.1) is 0 Å². The van der Waals surface area contributed by atoms with Gasteiger partial charge in [-0.1, -0.05) is 18.3 Å². The van der Waals surface area contributed by atoms with Gasteiger partial charge in [0.25, 0.3) is 5.91 Å². The van der Waals surface area contributed by atoms with Crippen molar-refractivity contribution in [1.82, 2.24) is 8.87 Å². The van der Waals surface area contributed by atoms with Crippen LogP contribution in [0.1, 0.15) is 37.0 Å². The number of rotatable bonds is 6. The second kappa shape index (κ2) is 9.89. The van der Waals surface area contributed by atoms with E-state index >= 15 is 0 Å². The zero-order valence-electron chi connectivity index (χ0n) is 19.8. The molecule has 0 atom stereocenters. The average molecular weight is 504 g/mol. The quantitative estimate of drug-likeness (QED) is 0.509. The first-order valence-corrected chi connectivity index (χ1v) is 13.5. The van der Waals surface area contributed by atoms with E-state index in [2.05, 4.69) is 11.9 Å². The van der Waals surface area contributed by atoms with Crippen molar-refractivity contribution in [3.8, 4) is 11.5 Å². The molecule has 1 fully saturated rings. The lowest BCUT2D eigenvalue weighted by atomic mass is 10.0. The summed E-state index contributed by atoms with van der Waals surface area (Å²) >= 11 is 1.38. The van der Waals surface area contributed by atoms with Crippen LogP contribution in [0.25, 0.3) is 10.2 Å². The van der Waals surface area contributed by atoms with Crippen LogP contribution in [-0.4, -0.2) is 50.5 Å². The summed E-state index contributed by atoms with van der Waals surface area (Å²) in [5.41, 5.74) is 1.23. The maximum Gasteiger partial charge on any atom is 0.279 e. The molecule has 0 spiro atoms. The monoisotopic (exact) mass is 503 g/mol. The molecule has 0 N–H and O–H groups in total. The molecule has 1 aliphatic rings. The van der Waals surface area contributed by atoms with Crippen molar-refractivity contribution < 1.29 is 22.7 Å². The van der Waals surface area contributed by atoms with Gasteiger partial charge in [-0.25, -0.2) is 8.42 Å². The Balaban J connectivity index is 1.64. The number of nitrogens with zero attached hydrogens (tertiary/aromatic N) is 3. The third kappa shape index (κ3) is 4.62. The van der Waals surface area contributed by atoms with Gasteiger partial charge < -0.3 is 14.0 Å². The topological polar surface area (TPSA) is 90.2 Å². The highest BCUT2D eigenvalue weighted by atomic mass is 32.2. The predicted molar refractivity (Wildman–Crippen MR) is 132 cm³/mol. The second-order valence-corrected chi connectivity index (χ2v) is 11.3. The molecule has 10 heteroatoms. The molecule has 3 aromatic rings. The highest BCUT2D eigenvalue weighted by Crippen LogP contribution is 2.33. The maximum absolute atomic E-state index is 12.9. The number of methoxy groups -OCH3 is 2. The van der Waals surface area contributed by atoms with E-state index in [0.717, 1.165) is 23.1 Å². The summed E-state index contributed by atoms with van der Waals surface area (Å²) in [6, 6.07) is 9.78. The van der Waals surface area contributed by atoms with E-state index in [1.807, 2.05) is 23.6 Å². The Kier molecular flexibility index (Phi) is 7.11. The van der Waals surface area contributed by atoms with Crippen molar-refractivity contribution in [1.29, 1.82) is 0 Å². The van der Waals surface area contributed by atoms with Crippen LogP contribution in [0.3, 0.4) is 0 Å². The third-order valence-corrected chi connectivity index (χ3v) is 9.14. The Bertz CT molecular complexity index is 1370. The minimum atomic E-state index is -3.56. The Labute approximate surface area is 203 Å². The molecule has 1 amide bonds. The predicted octanol–water partition coefficient (Wildman–Crippen LogP) is 3.90. The van der Waals surface area contributed by atoms with Gasteiger partial charge >= 0.3 is 0 Å². The standard InChI is InChI=1S/C24H29N3O5S2/c1-5-27-19-14-20(31-3)21(32-4)15-22(19)33-24(27)25-23(28)17-6-8-18(9-7-17)34(29,30)26-12-10-16(2)11-13-26/h6-9,14-16H,5,10-13H2,1-4H3. The van der Waals surface area contributed by atoms with Gasteiger partial charge in [0.1, 0.15) is 0 Å². The van der Waals surface area contributed by atoms with Crippen LogP contribution in [0.15, 0.2) is 46.3 Å². The minimum absolute atomic E-state index is 0.197. The summed E-state index contributed by atoms with van der Waals surface area (Å²) in [4.78, 5) is 18.0. The minimum Gasteiger partial charge on any atom is -0.493 e. The Morgan fingerprint density at radius 2 is 1.71 bits per heavy atom. The van der Waals surface area contributed by atoms with Crippen molar-refractivity contribution in [3.63, 3.8) is 0 Å². The molecule has 2 heterocycles. The summed E-state index contributed by atoms with van der Waals surface area (Å²) in [6.45, 7) is 5.79. The number of aromatic nitrogens is 1. The number of fused-ring (bicyclic) bond motifs is 1. The number of piperidine rings is 1. The van der Waals surface area contributed by atoms with Gasteiger partial charge in [-0.2, -0.15) is 9.30 Å². The number of thiazole rings is 1. The highest BCUT2D eigenvalue weighted by Gasteiger charge is 2.28. The van der Waals surface area contributed by atoms with Crippen LogP contribution in [0.4, 0.5) is 0 Å². The maximum atomic E-state index is 12.9. The SMILES string of the molecule is CCn1c(=NC(=O)c2ccc(S(=O)(=O)N3CCC(C)CC3)cc2)sc2cc(OC)c(OC)cc21. The fourth-order valence-corrected chi connectivity index (χ4v) is 6.66. The number of amides is 1. The molecule has 182 valence electrons. The molecule has 2 aromatic carbocycles. The van der Waals surface area contributed by atoms with E-state index in [-0.39, 0.29) is 4.90 Å². The second-order valence-electron chi connectivity index (χ2n) is 8.33. The van der Waals surface area contributed by atoms with E-state index < -0.39 is 15.9 Å². The number of carbonyl (C=O) groups excluding carboxylic acids is 1. The molecular weight excluding hydrogens is 474 g/mol. The summed E-state index contributed by atoms with van der Waals surface area (Å²) in [5, 5.41) is 0. The molecule has 34 heavy (non-hydrogen) atoms. The van der Waals surface area contributed by atoms with Crippen molar-refractivity contribution >= 4 is 37.5 Å². The molecule has 0 saturated carbocycles. The summed E-state index contributed by atoms with van der Waals surface area (Å²) in [7, 11) is -0.403. The van der Waals surface area contributed by atoms with Crippen molar-refractivity contribution in [3.05, 3.63) is 46.8 Å².